The number of hydrogen-bond donors (Lipinski definition) is 1. The van der Waals surface area contributed by atoms with Gasteiger partial charge in [-0.3, -0.25) is 0 Å². The molecular formula is C14H12F2N2O3. The van der Waals surface area contributed by atoms with Gasteiger partial charge in [0, 0.05) is 6.20 Å². The smallest absolute Gasteiger partial charge is 0.339 e. The first-order valence-electron chi connectivity index (χ1n) is 6.07. The number of alkyl halides is 2. The molecule has 110 valence electrons. The number of rotatable bonds is 6. The minimum atomic E-state index is -2.98. The van der Waals surface area contributed by atoms with E-state index in [1.807, 2.05) is 30.3 Å². The molecule has 21 heavy (non-hydrogen) atoms. The summed E-state index contributed by atoms with van der Waals surface area (Å²) >= 11 is 0. The Bertz CT molecular complexity index is 621. The maximum atomic E-state index is 12.8. The Kier molecular flexibility index (Phi) is 4.89. The second-order valence-corrected chi connectivity index (χ2v) is 4.17. The summed E-state index contributed by atoms with van der Waals surface area (Å²) in [4.78, 5) is 18.1. The average Bonchev–Trinajstić information content (AvgIpc) is 2.48. The molecule has 7 heteroatoms. The van der Waals surface area contributed by atoms with Gasteiger partial charge in [0.15, 0.2) is 5.82 Å². The third-order valence-corrected chi connectivity index (χ3v) is 2.65. The Balaban J connectivity index is 2.04. The highest BCUT2D eigenvalue weighted by molar-refractivity contribution is 5.88. The number of nitrogens with zero attached hydrogens (tertiary/aromatic N) is 2. The van der Waals surface area contributed by atoms with Crippen LogP contribution in [0.1, 0.15) is 33.9 Å². The van der Waals surface area contributed by atoms with Crippen LogP contribution in [0.5, 0.6) is 0 Å². The van der Waals surface area contributed by atoms with Crippen LogP contribution >= 0.6 is 0 Å². The zero-order valence-electron chi connectivity index (χ0n) is 10.9. The molecule has 2 rings (SSSR count). The fourth-order valence-corrected chi connectivity index (χ4v) is 1.67. The molecule has 0 saturated heterocycles. The minimum absolute atomic E-state index is 0.0197. The number of carboxylic acids is 1. The van der Waals surface area contributed by atoms with E-state index in [0.717, 1.165) is 11.8 Å². The van der Waals surface area contributed by atoms with Crippen LogP contribution < -0.4 is 0 Å². The average molecular weight is 294 g/mol. The third-order valence-electron chi connectivity index (χ3n) is 2.65. The Morgan fingerprint density at radius 2 is 1.95 bits per heavy atom. The van der Waals surface area contributed by atoms with Gasteiger partial charge in [-0.1, -0.05) is 30.3 Å². The summed E-state index contributed by atoms with van der Waals surface area (Å²) in [5, 5.41) is 8.79. The molecule has 2 aromatic rings. The van der Waals surface area contributed by atoms with Gasteiger partial charge in [-0.25, -0.2) is 23.5 Å². The summed E-state index contributed by atoms with van der Waals surface area (Å²) < 4.78 is 30.8. The highest BCUT2D eigenvalue weighted by atomic mass is 19.3. The highest BCUT2D eigenvalue weighted by Crippen LogP contribution is 2.20. The summed E-state index contributed by atoms with van der Waals surface area (Å²) in [6.07, 6.45) is -2.11. The second-order valence-electron chi connectivity index (χ2n) is 4.17. The van der Waals surface area contributed by atoms with Gasteiger partial charge >= 0.3 is 5.97 Å². The monoisotopic (exact) mass is 294 g/mol. The van der Waals surface area contributed by atoms with Gasteiger partial charge in [0.05, 0.1) is 6.61 Å². The highest BCUT2D eigenvalue weighted by Gasteiger charge is 2.21. The number of aromatic nitrogens is 2. The fourth-order valence-electron chi connectivity index (χ4n) is 1.67. The molecule has 0 bridgehead atoms. The number of carbonyl (C=O) groups is 1. The molecule has 0 aliphatic heterocycles. The predicted octanol–water partition coefficient (Wildman–Crippen LogP) is 2.83. The van der Waals surface area contributed by atoms with Crippen LogP contribution in [-0.2, 0) is 18.0 Å². The van der Waals surface area contributed by atoms with Crippen LogP contribution in [0.4, 0.5) is 8.78 Å². The zero-order chi connectivity index (χ0) is 15.2. The molecule has 0 saturated carbocycles. The third kappa shape index (κ3) is 4.03. The van der Waals surface area contributed by atoms with Crippen LogP contribution in [0.25, 0.3) is 0 Å². The molecule has 1 aromatic heterocycles. The van der Waals surface area contributed by atoms with E-state index in [1.54, 1.807) is 0 Å². The number of halogens is 2. The molecule has 0 unspecified atom stereocenters. The van der Waals surface area contributed by atoms with Crippen molar-refractivity contribution in [1.29, 1.82) is 0 Å². The first-order chi connectivity index (χ1) is 10.1. The molecule has 0 spiro atoms. The van der Waals surface area contributed by atoms with Crippen molar-refractivity contribution in [2.24, 2.45) is 0 Å². The van der Waals surface area contributed by atoms with Gasteiger partial charge in [-0.2, -0.15) is 0 Å². The van der Waals surface area contributed by atoms with E-state index in [1.165, 1.54) is 0 Å². The summed E-state index contributed by atoms with van der Waals surface area (Å²) in [7, 11) is 0. The lowest BCUT2D eigenvalue weighted by Crippen LogP contribution is -2.10. The van der Waals surface area contributed by atoms with E-state index >= 15 is 0 Å². The Labute approximate surface area is 119 Å². The largest absolute Gasteiger partial charge is 0.478 e. The van der Waals surface area contributed by atoms with E-state index in [4.69, 9.17) is 9.84 Å². The zero-order valence-corrected chi connectivity index (χ0v) is 10.9. The van der Waals surface area contributed by atoms with Gasteiger partial charge in [0.2, 0.25) is 0 Å². The van der Waals surface area contributed by atoms with Crippen LogP contribution in [0.2, 0.25) is 0 Å². The molecule has 1 heterocycles. The second kappa shape index (κ2) is 6.85. The van der Waals surface area contributed by atoms with E-state index < -0.39 is 23.7 Å². The Morgan fingerprint density at radius 3 is 2.57 bits per heavy atom. The quantitative estimate of drug-likeness (QED) is 0.887. The first-order valence-corrected chi connectivity index (χ1v) is 6.07. The number of ether oxygens (including phenoxy) is 1. The van der Waals surface area contributed by atoms with Crippen molar-refractivity contribution in [2.75, 3.05) is 0 Å². The molecule has 0 amide bonds. The van der Waals surface area contributed by atoms with Crippen LogP contribution in [0.3, 0.4) is 0 Å². The minimum Gasteiger partial charge on any atom is -0.478 e. The van der Waals surface area contributed by atoms with Gasteiger partial charge in [0.25, 0.3) is 6.43 Å². The maximum absolute atomic E-state index is 12.8. The molecule has 1 aromatic carbocycles. The summed E-state index contributed by atoms with van der Waals surface area (Å²) in [5.74, 6) is -1.46. The number of aromatic carboxylic acids is 1. The predicted molar refractivity (Wildman–Crippen MR) is 68.9 cm³/mol. The maximum Gasteiger partial charge on any atom is 0.339 e. The standard InChI is InChI=1S/C14H12F2N2O3/c15-13(16)12-10(14(19)20)6-17-11(18-12)8-21-7-9-4-2-1-3-5-9/h1-6,13H,7-8H2,(H,19,20). The normalized spacial score (nSPS) is 10.8. The Morgan fingerprint density at radius 1 is 1.24 bits per heavy atom. The fraction of sp³-hybridized carbons (Fsp3) is 0.214. The molecule has 1 N–H and O–H groups in total. The van der Waals surface area contributed by atoms with Crippen molar-refractivity contribution in [3.63, 3.8) is 0 Å². The van der Waals surface area contributed by atoms with Crippen molar-refractivity contribution >= 4 is 5.97 Å². The van der Waals surface area contributed by atoms with Gasteiger partial charge in [-0.15, -0.1) is 0 Å². The topological polar surface area (TPSA) is 72.3 Å². The SMILES string of the molecule is O=C(O)c1cnc(COCc2ccccc2)nc1C(F)F. The summed E-state index contributed by atoms with van der Waals surface area (Å²) in [6.45, 7) is 0.212. The van der Waals surface area contributed by atoms with Crippen molar-refractivity contribution < 1.29 is 23.4 Å². The van der Waals surface area contributed by atoms with E-state index in [-0.39, 0.29) is 19.0 Å². The van der Waals surface area contributed by atoms with E-state index in [0.29, 0.717) is 0 Å². The van der Waals surface area contributed by atoms with Crippen LogP contribution in [0.15, 0.2) is 36.5 Å². The lowest BCUT2D eigenvalue weighted by atomic mass is 10.2. The number of carboxylic acid groups (broad SMARTS) is 1. The van der Waals surface area contributed by atoms with Crippen LogP contribution in [-0.4, -0.2) is 21.0 Å². The van der Waals surface area contributed by atoms with Crippen molar-refractivity contribution in [3.05, 3.63) is 59.2 Å². The molecule has 5 nitrogen and oxygen atoms in total. The van der Waals surface area contributed by atoms with Crippen molar-refractivity contribution in [2.45, 2.75) is 19.6 Å². The summed E-state index contributed by atoms with van der Waals surface area (Å²) in [6, 6.07) is 9.29. The van der Waals surface area contributed by atoms with Crippen molar-refractivity contribution in [1.82, 2.24) is 9.97 Å². The van der Waals surface area contributed by atoms with Gasteiger partial charge in [0.1, 0.15) is 17.9 Å². The van der Waals surface area contributed by atoms with Gasteiger partial charge < -0.3 is 9.84 Å². The number of benzene rings is 1. The molecule has 0 radical (unpaired) electrons. The molecule has 0 atom stereocenters. The number of hydrogen-bond acceptors (Lipinski definition) is 4. The van der Waals surface area contributed by atoms with Gasteiger partial charge in [-0.05, 0) is 5.56 Å². The molecule has 0 aliphatic rings. The van der Waals surface area contributed by atoms with E-state index in [2.05, 4.69) is 9.97 Å². The Hall–Kier alpha value is -2.41. The molecule has 0 aliphatic carbocycles. The lowest BCUT2D eigenvalue weighted by Gasteiger charge is -2.07. The first kappa shape index (κ1) is 15.0. The van der Waals surface area contributed by atoms with Crippen molar-refractivity contribution in [3.8, 4) is 0 Å². The lowest BCUT2D eigenvalue weighted by molar-refractivity contribution is 0.0678. The molecule has 0 fully saturated rings. The summed E-state index contributed by atoms with van der Waals surface area (Å²) in [5.41, 5.74) is -0.471. The van der Waals surface area contributed by atoms with E-state index in [9.17, 15) is 13.6 Å². The molecular weight excluding hydrogens is 282 g/mol. The van der Waals surface area contributed by atoms with Crippen LogP contribution in [0, 0.1) is 0 Å².